The van der Waals surface area contributed by atoms with Gasteiger partial charge in [0.2, 0.25) is 5.95 Å². The van der Waals surface area contributed by atoms with Crippen molar-refractivity contribution in [2.24, 2.45) is 0 Å². The molecule has 2 aromatic heterocycles. The monoisotopic (exact) mass is 421 g/mol. The molecule has 8 heteroatoms. The second-order valence-electron chi connectivity index (χ2n) is 7.04. The third kappa shape index (κ3) is 3.27. The molecule has 1 aliphatic heterocycles. The number of nitrogens with one attached hydrogen (secondary N) is 1. The Bertz CT molecular complexity index is 1300. The Hall–Kier alpha value is -3.45. The molecule has 0 aliphatic carbocycles. The Morgan fingerprint density at radius 1 is 1.03 bits per heavy atom. The lowest BCUT2D eigenvalue weighted by Crippen LogP contribution is -2.17. The van der Waals surface area contributed by atoms with Crippen molar-refractivity contribution in [2.75, 3.05) is 5.32 Å². The first kappa shape index (κ1) is 18.6. The molecule has 30 heavy (non-hydrogen) atoms. The maximum atomic E-state index is 13.4. The Kier molecular flexibility index (Phi) is 4.59. The van der Waals surface area contributed by atoms with Crippen LogP contribution in [0, 0.1) is 5.82 Å². The zero-order chi connectivity index (χ0) is 20.7. The van der Waals surface area contributed by atoms with Gasteiger partial charge in [0, 0.05) is 30.0 Å². The van der Waals surface area contributed by atoms with E-state index in [2.05, 4.69) is 15.3 Å². The Morgan fingerprint density at radius 2 is 1.83 bits per heavy atom. The van der Waals surface area contributed by atoms with Crippen LogP contribution in [0.1, 0.15) is 6.42 Å². The molecule has 1 N–H and O–H groups in total. The van der Waals surface area contributed by atoms with Gasteiger partial charge in [0.1, 0.15) is 5.82 Å². The number of hydrogen-bond donors (Lipinski definition) is 1. The van der Waals surface area contributed by atoms with E-state index < -0.39 is 0 Å². The van der Waals surface area contributed by atoms with Crippen molar-refractivity contribution in [3.8, 4) is 22.5 Å². The van der Waals surface area contributed by atoms with Gasteiger partial charge in [0.05, 0.1) is 17.0 Å². The molecule has 5 rings (SSSR count). The largest absolute Gasteiger partial charge is 0.324 e. The van der Waals surface area contributed by atoms with E-state index in [4.69, 9.17) is 11.6 Å². The van der Waals surface area contributed by atoms with Gasteiger partial charge in [0.15, 0.2) is 0 Å². The van der Waals surface area contributed by atoms with Crippen LogP contribution < -0.4 is 10.9 Å². The minimum atomic E-state index is -0.345. The van der Waals surface area contributed by atoms with E-state index in [0.29, 0.717) is 46.6 Å². The summed E-state index contributed by atoms with van der Waals surface area (Å²) in [6.45, 7) is 1.36. The van der Waals surface area contributed by atoms with Crippen molar-refractivity contribution in [3.05, 3.63) is 82.0 Å². The SMILES string of the molecule is O=c1c(-c2ccc(F)cc2)c(-c2ccnc(Nc3cccc(Cl)c3)n2)n2n1CCC2. The van der Waals surface area contributed by atoms with E-state index >= 15 is 0 Å². The normalized spacial score (nSPS) is 12.7. The lowest BCUT2D eigenvalue weighted by molar-refractivity contribution is 0.599. The number of anilines is 2. The van der Waals surface area contributed by atoms with E-state index in [1.807, 2.05) is 16.8 Å². The van der Waals surface area contributed by atoms with Crippen LogP contribution in [-0.4, -0.2) is 19.3 Å². The number of aromatic nitrogens is 4. The zero-order valence-electron chi connectivity index (χ0n) is 15.8. The lowest BCUT2D eigenvalue weighted by Gasteiger charge is -2.10. The summed E-state index contributed by atoms with van der Waals surface area (Å²) >= 11 is 6.06. The van der Waals surface area contributed by atoms with E-state index in [1.165, 1.54) is 12.1 Å². The highest BCUT2D eigenvalue weighted by Gasteiger charge is 2.26. The number of nitrogens with zero attached hydrogens (tertiary/aromatic N) is 4. The summed E-state index contributed by atoms with van der Waals surface area (Å²) in [5.41, 5.74) is 3.16. The molecular formula is C22H17ClFN5O. The summed E-state index contributed by atoms with van der Waals surface area (Å²) in [6, 6.07) is 15.0. The number of hydrogen-bond acceptors (Lipinski definition) is 4. The summed E-state index contributed by atoms with van der Waals surface area (Å²) in [5, 5.41) is 3.75. The standard InChI is InChI=1S/C22H17ClFN5O/c23-15-3-1-4-17(13-15)26-22-25-10-9-18(27-22)20-19(14-5-7-16(24)8-6-14)21(30)29-12-2-11-28(20)29/h1,3-10,13H,2,11-12H2,(H,25,26,27). The topological polar surface area (TPSA) is 64.7 Å². The maximum Gasteiger partial charge on any atom is 0.275 e. The number of rotatable bonds is 4. The molecule has 0 amide bonds. The fourth-order valence-electron chi connectivity index (χ4n) is 3.80. The highest BCUT2D eigenvalue weighted by atomic mass is 35.5. The van der Waals surface area contributed by atoms with Crippen molar-refractivity contribution in [3.63, 3.8) is 0 Å². The van der Waals surface area contributed by atoms with Crippen molar-refractivity contribution in [1.82, 2.24) is 19.3 Å². The molecule has 0 saturated heterocycles. The molecule has 3 heterocycles. The fraction of sp³-hybridized carbons (Fsp3) is 0.136. The van der Waals surface area contributed by atoms with Crippen LogP contribution in [0.3, 0.4) is 0 Å². The van der Waals surface area contributed by atoms with Crippen LogP contribution in [0.15, 0.2) is 65.6 Å². The smallest absolute Gasteiger partial charge is 0.275 e. The predicted octanol–water partition coefficient (Wildman–Crippen LogP) is 4.71. The number of halogens is 2. The molecular weight excluding hydrogens is 405 g/mol. The Morgan fingerprint density at radius 3 is 2.63 bits per heavy atom. The molecule has 0 bridgehead atoms. The van der Waals surface area contributed by atoms with Crippen LogP contribution in [0.2, 0.25) is 5.02 Å². The first-order valence-electron chi connectivity index (χ1n) is 9.56. The second kappa shape index (κ2) is 7.42. The molecule has 2 aromatic carbocycles. The molecule has 6 nitrogen and oxygen atoms in total. The van der Waals surface area contributed by atoms with Gasteiger partial charge in [-0.15, -0.1) is 0 Å². The first-order valence-corrected chi connectivity index (χ1v) is 9.93. The molecule has 1 aliphatic rings. The summed E-state index contributed by atoms with van der Waals surface area (Å²) in [4.78, 5) is 22.1. The molecule has 0 fully saturated rings. The predicted molar refractivity (Wildman–Crippen MR) is 114 cm³/mol. The van der Waals surface area contributed by atoms with Gasteiger partial charge in [-0.05, 0) is 48.4 Å². The highest BCUT2D eigenvalue weighted by molar-refractivity contribution is 6.30. The van der Waals surface area contributed by atoms with Crippen molar-refractivity contribution in [1.29, 1.82) is 0 Å². The third-order valence-electron chi connectivity index (χ3n) is 5.09. The van der Waals surface area contributed by atoms with Gasteiger partial charge >= 0.3 is 0 Å². The number of benzene rings is 2. The molecule has 0 unspecified atom stereocenters. The van der Waals surface area contributed by atoms with Crippen LogP contribution in [0.4, 0.5) is 16.0 Å². The van der Waals surface area contributed by atoms with E-state index in [1.54, 1.807) is 41.2 Å². The average Bonchev–Trinajstić information content (AvgIpc) is 3.31. The van der Waals surface area contributed by atoms with Gasteiger partial charge in [0.25, 0.3) is 5.56 Å². The minimum absolute atomic E-state index is 0.0999. The highest BCUT2D eigenvalue weighted by Crippen LogP contribution is 2.32. The van der Waals surface area contributed by atoms with Gasteiger partial charge < -0.3 is 5.32 Å². The van der Waals surface area contributed by atoms with Gasteiger partial charge in [-0.25, -0.2) is 19.0 Å². The van der Waals surface area contributed by atoms with Crippen LogP contribution in [0.5, 0.6) is 0 Å². The summed E-state index contributed by atoms with van der Waals surface area (Å²) in [5.74, 6) is 0.0491. The average molecular weight is 422 g/mol. The molecule has 150 valence electrons. The van der Waals surface area contributed by atoms with Gasteiger partial charge in [-0.3, -0.25) is 9.48 Å². The maximum absolute atomic E-state index is 13.4. The molecule has 4 aromatic rings. The van der Waals surface area contributed by atoms with E-state index in [-0.39, 0.29) is 11.4 Å². The summed E-state index contributed by atoms with van der Waals surface area (Å²) < 4.78 is 17.1. The molecule has 0 spiro atoms. The van der Waals surface area contributed by atoms with Gasteiger partial charge in [-0.1, -0.05) is 29.8 Å². The minimum Gasteiger partial charge on any atom is -0.324 e. The van der Waals surface area contributed by atoms with Crippen LogP contribution in [-0.2, 0) is 13.1 Å². The van der Waals surface area contributed by atoms with Gasteiger partial charge in [-0.2, -0.15) is 0 Å². The van der Waals surface area contributed by atoms with Crippen LogP contribution in [0.25, 0.3) is 22.5 Å². The fourth-order valence-corrected chi connectivity index (χ4v) is 3.99. The van der Waals surface area contributed by atoms with Crippen molar-refractivity contribution in [2.45, 2.75) is 19.5 Å². The lowest BCUT2D eigenvalue weighted by atomic mass is 10.0. The summed E-state index contributed by atoms with van der Waals surface area (Å²) in [6.07, 6.45) is 2.53. The first-order chi connectivity index (χ1) is 14.6. The third-order valence-corrected chi connectivity index (χ3v) is 5.32. The quantitative estimate of drug-likeness (QED) is 0.518. The molecule has 0 saturated carbocycles. The number of fused-ring (bicyclic) bond motifs is 1. The van der Waals surface area contributed by atoms with E-state index in [9.17, 15) is 9.18 Å². The Labute approximate surface area is 176 Å². The molecule has 0 atom stereocenters. The second-order valence-corrected chi connectivity index (χ2v) is 7.47. The summed E-state index contributed by atoms with van der Waals surface area (Å²) in [7, 11) is 0. The van der Waals surface area contributed by atoms with Crippen LogP contribution >= 0.6 is 11.6 Å². The van der Waals surface area contributed by atoms with Crippen molar-refractivity contribution >= 4 is 23.2 Å². The van der Waals surface area contributed by atoms with Crippen molar-refractivity contribution < 1.29 is 4.39 Å². The zero-order valence-corrected chi connectivity index (χ0v) is 16.6. The molecule has 0 radical (unpaired) electrons. The Balaban J connectivity index is 1.63. The van der Waals surface area contributed by atoms with E-state index in [0.717, 1.165) is 12.1 Å².